The Balaban J connectivity index is 1.55. The molecule has 0 atom stereocenters. The molecule has 2 aliphatic heterocycles. The largest absolute Gasteiger partial charge is 0.493 e. The predicted octanol–water partition coefficient (Wildman–Crippen LogP) is 3.47. The Hall–Kier alpha value is -2.29. The number of carbonyl (C=O) groups excluding carboxylic acids is 1. The Morgan fingerprint density at radius 2 is 1.91 bits per heavy atom. The molecule has 0 radical (unpaired) electrons. The number of methoxy groups -OCH3 is 1. The van der Waals surface area contributed by atoms with Crippen LogP contribution in [0.5, 0.6) is 11.5 Å². The van der Waals surface area contributed by atoms with Crippen LogP contribution >= 0.6 is 11.6 Å². The standard InChI is InChI=1S/C26H38ClN5O3/c1-31-11-6-19(7-12-31)29-22-14-20(18-28-26(33)17-27)30-23-16-25(24(34-2)15-21(22)23)35-13-5-10-32-8-3-4-9-32/h14-16,19H,3-13,17-18H2,1-2H3,(H,28,33)(H,29,30). The molecule has 8 nitrogen and oxygen atoms in total. The van der Waals surface area contributed by atoms with Gasteiger partial charge in [0.15, 0.2) is 11.5 Å². The number of hydrogen-bond donors (Lipinski definition) is 2. The maximum atomic E-state index is 11.7. The predicted molar refractivity (Wildman–Crippen MR) is 141 cm³/mol. The third-order valence-corrected chi connectivity index (χ3v) is 7.13. The van der Waals surface area contributed by atoms with E-state index in [1.165, 1.54) is 25.9 Å². The molecule has 2 aromatic rings. The van der Waals surface area contributed by atoms with Crippen LogP contribution in [0.1, 0.15) is 37.8 Å². The smallest absolute Gasteiger partial charge is 0.235 e. The molecule has 0 saturated carbocycles. The molecule has 0 bridgehead atoms. The number of pyridine rings is 1. The summed E-state index contributed by atoms with van der Waals surface area (Å²) in [6.45, 7) is 6.53. The second-order valence-corrected chi connectivity index (χ2v) is 9.83. The van der Waals surface area contributed by atoms with Gasteiger partial charge in [-0.25, -0.2) is 0 Å². The fourth-order valence-electron chi connectivity index (χ4n) is 4.86. The highest BCUT2D eigenvalue weighted by Gasteiger charge is 2.19. The molecule has 9 heteroatoms. The lowest BCUT2D eigenvalue weighted by atomic mass is 10.0. The number of hydrogen-bond acceptors (Lipinski definition) is 7. The Labute approximate surface area is 213 Å². The van der Waals surface area contributed by atoms with Crippen LogP contribution in [0.2, 0.25) is 0 Å². The quantitative estimate of drug-likeness (QED) is 0.359. The Morgan fingerprint density at radius 1 is 1.14 bits per heavy atom. The van der Waals surface area contributed by atoms with Gasteiger partial charge in [0.05, 0.1) is 31.5 Å². The van der Waals surface area contributed by atoms with Gasteiger partial charge in [0, 0.05) is 29.7 Å². The summed E-state index contributed by atoms with van der Waals surface area (Å²) in [7, 11) is 3.83. The van der Waals surface area contributed by atoms with E-state index in [0.717, 1.165) is 61.2 Å². The summed E-state index contributed by atoms with van der Waals surface area (Å²) >= 11 is 5.66. The lowest BCUT2D eigenvalue weighted by Crippen LogP contribution is -2.36. The number of ether oxygens (including phenoxy) is 2. The molecule has 1 aromatic heterocycles. The molecule has 192 valence electrons. The number of likely N-dealkylation sites (tertiary alicyclic amines) is 2. The van der Waals surface area contributed by atoms with Gasteiger partial charge < -0.3 is 29.9 Å². The van der Waals surface area contributed by atoms with Crippen molar-refractivity contribution < 1.29 is 14.3 Å². The number of piperidine rings is 1. The van der Waals surface area contributed by atoms with Crippen LogP contribution in [0, 0.1) is 0 Å². The van der Waals surface area contributed by atoms with Crippen molar-refractivity contribution >= 4 is 34.1 Å². The van der Waals surface area contributed by atoms with Gasteiger partial charge in [0.25, 0.3) is 0 Å². The van der Waals surface area contributed by atoms with E-state index >= 15 is 0 Å². The summed E-state index contributed by atoms with van der Waals surface area (Å²) in [5.41, 5.74) is 2.59. The second-order valence-electron chi connectivity index (χ2n) is 9.56. The van der Waals surface area contributed by atoms with E-state index in [4.69, 9.17) is 26.1 Å². The first-order valence-corrected chi connectivity index (χ1v) is 13.2. The van der Waals surface area contributed by atoms with E-state index in [1.54, 1.807) is 7.11 Å². The van der Waals surface area contributed by atoms with E-state index in [-0.39, 0.29) is 11.8 Å². The van der Waals surface area contributed by atoms with Crippen LogP contribution < -0.4 is 20.1 Å². The summed E-state index contributed by atoms with van der Waals surface area (Å²) in [6.07, 6.45) is 5.73. The Kier molecular flexibility index (Phi) is 9.29. The van der Waals surface area contributed by atoms with Crippen molar-refractivity contribution in [3.8, 4) is 11.5 Å². The molecule has 2 N–H and O–H groups in total. The van der Waals surface area contributed by atoms with Crippen molar-refractivity contribution in [1.29, 1.82) is 0 Å². The van der Waals surface area contributed by atoms with Gasteiger partial charge in [-0.05, 0) is 77.5 Å². The third kappa shape index (κ3) is 7.12. The minimum absolute atomic E-state index is 0.0686. The number of nitrogens with zero attached hydrogens (tertiary/aromatic N) is 3. The van der Waals surface area contributed by atoms with Gasteiger partial charge in [-0.2, -0.15) is 0 Å². The molecule has 4 rings (SSSR count). The summed E-state index contributed by atoms with van der Waals surface area (Å²) in [5.74, 6) is 1.12. The number of nitrogens with one attached hydrogen (secondary N) is 2. The highest BCUT2D eigenvalue weighted by atomic mass is 35.5. The lowest BCUT2D eigenvalue weighted by molar-refractivity contribution is -0.118. The summed E-state index contributed by atoms with van der Waals surface area (Å²) in [5, 5.41) is 7.54. The molecule has 0 aliphatic carbocycles. The summed E-state index contributed by atoms with van der Waals surface area (Å²) in [4.78, 5) is 21.4. The average molecular weight is 504 g/mol. The number of carbonyl (C=O) groups is 1. The van der Waals surface area contributed by atoms with Crippen LogP contribution in [0.15, 0.2) is 18.2 Å². The molecule has 35 heavy (non-hydrogen) atoms. The topological polar surface area (TPSA) is 79.0 Å². The highest BCUT2D eigenvalue weighted by molar-refractivity contribution is 6.27. The number of alkyl halides is 1. The third-order valence-electron chi connectivity index (χ3n) is 6.89. The molecule has 1 aromatic carbocycles. The van der Waals surface area contributed by atoms with Crippen molar-refractivity contribution in [1.82, 2.24) is 20.1 Å². The second kappa shape index (κ2) is 12.6. The van der Waals surface area contributed by atoms with Gasteiger partial charge in [-0.15, -0.1) is 11.6 Å². The zero-order chi connectivity index (χ0) is 24.6. The normalized spacial score (nSPS) is 17.6. The maximum absolute atomic E-state index is 11.7. The zero-order valence-corrected chi connectivity index (χ0v) is 21.7. The first-order valence-electron chi connectivity index (χ1n) is 12.7. The molecule has 0 unspecified atom stereocenters. The molecular formula is C26H38ClN5O3. The Morgan fingerprint density at radius 3 is 2.63 bits per heavy atom. The van der Waals surface area contributed by atoms with Gasteiger partial charge in [0.2, 0.25) is 5.91 Å². The first kappa shape index (κ1) is 25.8. The summed E-state index contributed by atoms with van der Waals surface area (Å²) < 4.78 is 11.8. The average Bonchev–Trinajstić information content (AvgIpc) is 3.39. The van der Waals surface area contributed by atoms with E-state index in [9.17, 15) is 4.79 Å². The van der Waals surface area contributed by atoms with Gasteiger partial charge in [0.1, 0.15) is 5.88 Å². The molecule has 2 fully saturated rings. The van der Waals surface area contributed by atoms with Crippen molar-refractivity contribution in [2.45, 2.75) is 44.7 Å². The van der Waals surface area contributed by atoms with Gasteiger partial charge >= 0.3 is 0 Å². The van der Waals surface area contributed by atoms with Crippen LogP contribution in [-0.2, 0) is 11.3 Å². The van der Waals surface area contributed by atoms with Crippen LogP contribution in [0.25, 0.3) is 10.9 Å². The first-order chi connectivity index (χ1) is 17.1. The molecule has 1 amide bonds. The lowest BCUT2D eigenvalue weighted by Gasteiger charge is -2.30. The molecular weight excluding hydrogens is 466 g/mol. The summed E-state index contributed by atoms with van der Waals surface area (Å²) in [6, 6.07) is 6.37. The fourth-order valence-corrected chi connectivity index (χ4v) is 4.95. The van der Waals surface area contributed by atoms with Crippen molar-refractivity contribution in [2.24, 2.45) is 0 Å². The molecule has 3 heterocycles. The van der Waals surface area contributed by atoms with E-state index in [1.807, 2.05) is 18.2 Å². The van der Waals surface area contributed by atoms with E-state index in [2.05, 4.69) is 27.5 Å². The minimum Gasteiger partial charge on any atom is -0.493 e. The number of aromatic nitrogens is 1. The SMILES string of the molecule is COc1cc2c(NC3CCN(C)CC3)cc(CNC(=O)CCl)nc2cc1OCCCN1CCCC1. The molecule has 2 saturated heterocycles. The van der Waals surface area contributed by atoms with Crippen LogP contribution in [0.3, 0.4) is 0 Å². The van der Waals surface area contributed by atoms with Gasteiger partial charge in [-0.1, -0.05) is 0 Å². The number of amides is 1. The number of anilines is 1. The van der Waals surface area contributed by atoms with Crippen LogP contribution in [0.4, 0.5) is 5.69 Å². The van der Waals surface area contributed by atoms with Crippen molar-refractivity contribution in [3.63, 3.8) is 0 Å². The minimum atomic E-state index is -0.213. The molecule has 0 spiro atoms. The number of benzene rings is 1. The van der Waals surface area contributed by atoms with E-state index < -0.39 is 0 Å². The monoisotopic (exact) mass is 503 g/mol. The fraction of sp³-hybridized carbons (Fsp3) is 0.615. The highest BCUT2D eigenvalue weighted by Crippen LogP contribution is 2.36. The van der Waals surface area contributed by atoms with Crippen LogP contribution in [-0.4, -0.2) is 86.1 Å². The molecule has 2 aliphatic rings. The number of fused-ring (bicyclic) bond motifs is 1. The van der Waals surface area contributed by atoms with Crippen molar-refractivity contribution in [2.75, 3.05) is 64.7 Å². The number of rotatable bonds is 11. The Bertz CT molecular complexity index is 991. The number of halogens is 1. The van der Waals surface area contributed by atoms with Crippen molar-refractivity contribution in [3.05, 3.63) is 23.9 Å². The van der Waals surface area contributed by atoms with Gasteiger partial charge in [-0.3, -0.25) is 9.78 Å². The van der Waals surface area contributed by atoms with E-state index in [0.29, 0.717) is 30.7 Å². The zero-order valence-electron chi connectivity index (χ0n) is 20.9. The maximum Gasteiger partial charge on any atom is 0.235 e.